The minimum absolute atomic E-state index is 0.507. The molecule has 66 valence electrons. The molecule has 5 heteroatoms. The first-order chi connectivity index (χ1) is 5.04. The van der Waals surface area contributed by atoms with Crippen molar-refractivity contribution >= 4 is 6.03 Å². The Labute approximate surface area is 66.9 Å². The summed E-state index contributed by atoms with van der Waals surface area (Å²) >= 11 is 0. The molecule has 0 bridgehead atoms. The molecule has 4 N–H and O–H groups in total. The maximum Gasteiger partial charge on any atom is 0.328 e. The van der Waals surface area contributed by atoms with Gasteiger partial charge in [0, 0.05) is 6.54 Å². The Morgan fingerprint density at radius 2 is 1.91 bits per heavy atom. The van der Waals surface area contributed by atoms with Crippen molar-refractivity contribution in [2.45, 2.75) is 6.42 Å². The highest BCUT2D eigenvalue weighted by molar-refractivity contribution is 5.71. The number of urea groups is 1. The Morgan fingerprint density at radius 1 is 1.36 bits per heavy atom. The fraction of sp³-hybridized carbons (Fsp3) is 0.833. The van der Waals surface area contributed by atoms with E-state index in [1.54, 1.807) is 0 Å². The van der Waals surface area contributed by atoms with Crippen molar-refractivity contribution in [3.63, 3.8) is 0 Å². The normalized spacial score (nSPS) is 10.2. The number of nitrogens with two attached hydrogens (primary N) is 2. The van der Waals surface area contributed by atoms with Gasteiger partial charge in [-0.05, 0) is 27.1 Å². The quantitative estimate of drug-likeness (QED) is 0.321. The minimum Gasteiger partial charge on any atom is -0.350 e. The molecule has 5 nitrogen and oxygen atoms in total. The van der Waals surface area contributed by atoms with E-state index in [1.165, 1.54) is 0 Å². The highest BCUT2D eigenvalue weighted by atomic mass is 16.2. The summed E-state index contributed by atoms with van der Waals surface area (Å²) in [4.78, 5) is 12.4. The average Bonchev–Trinajstić information content (AvgIpc) is 1.86. The van der Waals surface area contributed by atoms with E-state index in [0.717, 1.165) is 18.0 Å². The largest absolute Gasteiger partial charge is 0.350 e. The second-order valence-electron chi connectivity index (χ2n) is 2.69. The molecule has 0 fully saturated rings. The van der Waals surface area contributed by atoms with E-state index in [0.29, 0.717) is 6.54 Å². The molecular weight excluding hydrogens is 144 g/mol. The molecule has 0 heterocycles. The van der Waals surface area contributed by atoms with Crippen LogP contribution < -0.4 is 11.6 Å². The zero-order chi connectivity index (χ0) is 8.85. The first kappa shape index (κ1) is 10.2. The first-order valence-corrected chi connectivity index (χ1v) is 3.50. The van der Waals surface area contributed by atoms with Gasteiger partial charge in [-0.3, -0.25) is 5.01 Å². The van der Waals surface area contributed by atoms with Crippen molar-refractivity contribution in [2.75, 3.05) is 27.2 Å². The number of hydrogen-bond donors (Lipinski definition) is 2. The topological polar surface area (TPSA) is 75.6 Å². The first-order valence-electron chi connectivity index (χ1n) is 3.50. The molecule has 0 spiro atoms. The van der Waals surface area contributed by atoms with Gasteiger partial charge in [0.15, 0.2) is 0 Å². The summed E-state index contributed by atoms with van der Waals surface area (Å²) in [5.41, 5.74) is 4.90. The molecule has 11 heavy (non-hydrogen) atoms. The van der Waals surface area contributed by atoms with E-state index in [9.17, 15) is 4.79 Å². The summed E-state index contributed by atoms with van der Waals surface area (Å²) in [6.45, 7) is 1.41. The van der Waals surface area contributed by atoms with E-state index in [2.05, 4.69) is 0 Å². The van der Waals surface area contributed by atoms with Crippen LogP contribution in [0, 0.1) is 0 Å². The molecule has 0 rings (SSSR count). The molecule has 0 saturated heterocycles. The van der Waals surface area contributed by atoms with Gasteiger partial charge in [0.25, 0.3) is 0 Å². The van der Waals surface area contributed by atoms with Gasteiger partial charge in [-0.15, -0.1) is 0 Å². The lowest BCUT2D eigenvalue weighted by molar-refractivity contribution is 0.205. The van der Waals surface area contributed by atoms with Crippen LogP contribution in [0.25, 0.3) is 0 Å². The summed E-state index contributed by atoms with van der Waals surface area (Å²) < 4.78 is 0. The van der Waals surface area contributed by atoms with Crippen LogP contribution in [0.1, 0.15) is 6.42 Å². The maximum atomic E-state index is 10.4. The van der Waals surface area contributed by atoms with E-state index in [4.69, 9.17) is 11.6 Å². The standard InChI is InChI=1S/C6H16N4O/c1-9(2)4-3-5-10(8)6(7)11/h3-5,8H2,1-2H3,(H2,7,11). The van der Waals surface area contributed by atoms with Crippen LogP contribution in [0.2, 0.25) is 0 Å². The summed E-state index contributed by atoms with van der Waals surface area (Å²) in [5.74, 6) is 5.24. The molecule has 0 saturated carbocycles. The summed E-state index contributed by atoms with van der Waals surface area (Å²) in [7, 11) is 3.93. The molecule has 0 aromatic carbocycles. The molecule has 0 aliphatic carbocycles. The molecule has 0 aromatic rings. The van der Waals surface area contributed by atoms with Crippen molar-refractivity contribution in [3.8, 4) is 0 Å². The van der Waals surface area contributed by atoms with Gasteiger partial charge in [0.05, 0.1) is 0 Å². The van der Waals surface area contributed by atoms with Crippen LogP contribution in [-0.4, -0.2) is 43.1 Å². The number of hydrogen-bond acceptors (Lipinski definition) is 3. The van der Waals surface area contributed by atoms with Crippen molar-refractivity contribution in [1.29, 1.82) is 0 Å². The van der Waals surface area contributed by atoms with Crippen LogP contribution in [0.15, 0.2) is 0 Å². The van der Waals surface area contributed by atoms with Crippen LogP contribution in [0.3, 0.4) is 0 Å². The van der Waals surface area contributed by atoms with Crippen molar-refractivity contribution in [2.24, 2.45) is 11.6 Å². The Hall–Kier alpha value is -0.810. The van der Waals surface area contributed by atoms with Crippen LogP contribution in [-0.2, 0) is 0 Å². The maximum absolute atomic E-state index is 10.4. The number of nitrogens with zero attached hydrogens (tertiary/aromatic N) is 2. The lowest BCUT2D eigenvalue weighted by Crippen LogP contribution is -2.42. The van der Waals surface area contributed by atoms with Gasteiger partial charge in [-0.2, -0.15) is 0 Å². The van der Waals surface area contributed by atoms with Gasteiger partial charge in [0.2, 0.25) is 0 Å². The Morgan fingerprint density at radius 3 is 2.27 bits per heavy atom. The zero-order valence-electron chi connectivity index (χ0n) is 7.08. The van der Waals surface area contributed by atoms with E-state index < -0.39 is 6.03 Å². The lowest BCUT2D eigenvalue weighted by atomic mass is 10.4. The Balaban J connectivity index is 3.31. The van der Waals surface area contributed by atoms with Crippen LogP contribution in [0.5, 0.6) is 0 Å². The summed E-state index contributed by atoms with van der Waals surface area (Å²) in [5, 5.41) is 1.02. The molecule has 0 aliphatic heterocycles. The smallest absolute Gasteiger partial charge is 0.328 e. The van der Waals surface area contributed by atoms with Crippen molar-refractivity contribution in [3.05, 3.63) is 0 Å². The third-order valence-electron chi connectivity index (χ3n) is 1.29. The van der Waals surface area contributed by atoms with E-state index in [-0.39, 0.29) is 0 Å². The molecule has 0 aromatic heterocycles. The third kappa shape index (κ3) is 5.63. The Kier molecular flexibility index (Phi) is 4.56. The molecule has 0 atom stereocenters. The second kappa shape index (κ2) is 4.92. The highest BCUT2D eigenvalue weighted by Gasteiger charge is 2.01. The molecule has 0 unspecified atom stereocenters. The van der Waals surface area contributed by atoms with Gasteiger partial charge in [-0.1, -0.05) is 0 Å². The number of carbonyl (C=O) groups is 1. The average molecular weight is 160 g/mol. The number of primary amides is 1. The SMILES string of the molecule is CN(C)CCCN(N)C(N)=O. The number of rotatable bonds is 4. The molecular formula is C6H16N4O. The number of amides is 2. The van der Waals surface area contributed by atoms with Crippen molar-refractivity contribution in [1.82, 2.24) is 9.91 Å². The number of hydrazine groups is 1. The minimum atomic E-state index is -0.580. The van der Waals surface area contributed by atoms with Crippen LogP contribution >= 0.6 is 0 Å². The highest BCUT2D eigenvalue weighted by Crippen LogP contribution is 1.85. The van der Waals surface area contributed by atoms with Gasteiger partial charge in [-0.25, -0.2) is 10.6 Å². The molecule has 0 radical (unpaired) electrons. The fourth-order valence-corrected chi connectivity index (χ4v) is 0.667. The van der Waals surface area contributed by atoms with E-state index in [1.807, 2.05) is 19.0 Å². The van der Waals surface area contributed by atoms with Gasteiger partial charge in [0.1, 0.15) is 0 Å². The molecule has 2 amide bonds. The third-order valence-corrected chi connectivity index (χ3v) is 1.29. The monoisotopic (exact) mass is 160 g/mol. The number of carbonyl (C=O) groups excluding carboxylic acids is 1. The lowest BCUT2D eigenvalue weighted by Gasteiger charge is -2.15. The predicted octanol–water partition coefficient (Wildman–Crippen LogP) is -0.807. The fourth-order valence-electron chi connectivity index (χ4n) is 0.667. The van der Waals surface area contributed by atoms with Gasteiger partial charge < -0.3 is 10.6 Å². The van der Waals surface area contributed by atoms with E-state index >= 15 is 0 Å². The zero-order valence-corrected chi connectivity index (χ0v) is 7.08. The summed E-state index contributed by atoms with van der Waals surface area (Å²) in [6, 6.07) is -0.580. The van der Waals surface area contributed by atoms with Crippen LogP contribution in [0.4, 0.5) is 4.79 Å². The molecule has 0 aliphatic rings. The predicted molar refractivity (Wildman–Crippen MR) is 43.6 cm³/mol. The Bertz CT molecular complexity index is 126. The summed E-state index contributed by atoms with van der Waals surface area (Å²) in [6.07, 6.45) is 0.840. The van der Waals surface area contributed by atoms with Crippen molar-refractivity contribution < 1.29 is 4.79 Å². The van der Waals surface area contributed by atoms with Gasteiger partial charge >= 0.3 is 6.03 Å². The second-order valence-corrected chi connectivity index (χ2v) is 2.69.